The number of rotatable bonds is 2. The molecule has 0 unspecified atom stereocenters. The molecule has 0 saturated heterocycles. The van der Waals surface area contributed by atoms with E-state index in [4.69, 9.17) is 5.73 Å². The summed E-state index contributed by atoms with van der Waals surface area (Å²) in [4.78, 5) is 24.5. The van der Waals surface area contributed by atoms with Crippen molar-refractivity contribution in [3.8, 4) is 0 Å². The number of carboxylic acid groups (broad SMARTS) is 1. The average Bonchev–Trinajstić information content (AvgIpc) is 2.37. The fraction of sp³-hybridized carbons (Fsp3) is 0.308. The molecule has 0 spiro atoms. The molecular formula is C13H19N3O3. The van der Waals surface area contributed by atoms with Crippen molar-refractivity contribution in [3.05, 3.63) is 35.9 Å². The highest BCUT2D eigenvalue weighted by Crippen LogP contribution is 1.98. The molecule has 0 fully saturated rings. The topological polar surface area (TPSA) is 95.6 Å². The lowest BCUT2D eigenvalue weighted by atomic mass is 10.1. The highest BCUT2D eigenvalue weighted by atomic mass is 16.4. The monoisotopic (exact) mass is 265 g/mol. The molecule has 0 amide bonds. The van der Waals surface area contributed by atoms with Gasteiger partial charge in [-0.25, -0.2) is 4.99 Å². The molecule has 6 heteroatoms. The molecule has 1 rings (SSSR count). The van der Waals surface area contributed by atoms with Gasteiger partial charge in [-0.2, -0.15) is 0 Å². The Bertz CT molecular complexity index is 462. The van der Waals surface area contributed by atoms with Crippen molar-refractivity contribution in [2.75, 3.05) is 28.2 Å². The fourth-order valence-corrected chi connectivity index (χ4v) is 1.01. The minimum Gasteiger partial charge on any atom is -0.541 e. The number of nitrogens with two attached hydrogens (primary N) is 1. The summed E-state index contributed by atoms with van der Waals surface area (Å²) in [7, 11) is 7.62. The zero-order chi connectivity index (χ0) is 15.1. The van der Waals surface area contributed by atoms with Crippen LogP contribution in [0.1, 0.15) is 10.4 Å². The Kier molecular flexibility index (Phi) is 6.43. The highest BCUT2D eigenvalue weighted by Gasteiger charge is 2.11. The Morgan fingerprint density at radius 2 is 1.63 bits per heavy atom. The first kappa shape index (κ1) is 16.8. The fourth-order valence-electron chi connectivity index (χ4n) is 1.01. The van der Waals surface area contributed by atoms with Gasteiger partial charge in [0, 0.05) is 12.6 Å². The molecule has 0 bridgehead atoms. The normalized spacial score (nSPS) is 11.3. The second kappa shape index (κ2) is 7.27. The molecule has 1 aromatic rings. The Labute approximate surface area is 112 Å². The minimum atomic E-state index is -1.67. The van der Waals surface area contributed by atoms with Gasteiger partial charge in [-0.15, -0.1) is 0 Å². The van der Waals surface area contributed by atoms with Crippen LogP contribution in [-0.4, -0.2) is 50.4 Å². The number of nitrogens with zero attached hydrogens (tertiary/aromatic N) is 2. The molecule has 2 N–H and O–H groups in total. The van der Waals surface area contributed by atoms with Gasteiger partial charge in [0.05, 0.1) is 21.1 Å². The second-order valence-corrected chi connectivity index (χ2v) is 4.58. The summed E-state index contributed by atoms with van der Waals surface area (Å²) in [6.45, 7) is 0. The molecule has 0 aliphatic heterocycles. The predicted molar refractivity (Wildman–Crippen MR) is 71.4 cm³/mol. The van der Waals surface area contributed by atoms with E-state index >= 15 is 0 Å². The maximum Gasteiger partial charge on any atom is 0.294 e. The summed E-state index contributed by atoms with van der Waals surface area (Å²) in [5.41, 5.74) is 5.62. The number of quaternary nitrogens is 1. The molecule has 0 atom stereocenters. The van der Waals surface area contributed by atoms with E-state index in [2.05, 4.69) is 4.99 Å². The van der Waals surface area contributed by atoms with Crippen molar-refractivity contribution in [2.45, 2.75) is 0 Å². The summed E-state index contributed by atoms with van der Waals surface area (Å²) >= 11 is 0. The molecule has 104 valence electrons. The van der Waals surface area contributed by atoms with E-state index < -0.39 is 11.8 Å². The van der Waals surface area contributed by atoms with Crippen molar-refractivity contribution in [1.82, 2.24) is 0 Å². The summed E-state index contributed by atoms with van der Waals surface area (Å²) in [5.74, 6) is -2.01. The Balaban J connectivity index is 0.000000362. The molecule has 0 aromatic heterocycles. The molecule has 0 aliphatic carbocycles. The number of ketones is 1. The Morgan fingerprint density at radius 3 is 1.89 bits per heavy atom. The van der Waals surface area contributed by atoms with Crippen molar-refractivity contribution in [2.24, 2.45) is 10.7 Å². The number of aliphatic carboxylic acids is 1. The number of carbonyl (C=O) groups is 2. The summed E-state index contributed by atoms with van der Waals surface area (Å²) in [5, 5.41) is 10.0. The van der Waals surface area contributed by atoms with Gasteiger partial charge in [-0.3, -0.25) is 9.28 Å². The zero-order valence-electron chi connectivity index (χ0n) is 11.6. The van der Waals surface area contributed by atoms with Crippen LogP contribution in [0, 0.1) is 0 Å². The molecule has 0 saturated carbocycles. The summed E-state index contributed by atoms with van der Waals surface area (Å²) in [6.07, 6.45) is 0. The van der Waals surface area contributed by atoms with Crippen LogP contribution in [0.3, 0.4) is 0 Å². The van der Waals surface area contributed by atoms with Gasteiger partial charge in [-0.05, 0) is 0 Å². The molecule has 19 heavy (non-hydrogen) atoms. The predicted octanol–water partition coefficient (Wildman–Crippen LogP) is -0.744. The van der Waals surface area contributed by atoms with Crippen LogP contribution < -0.4 is 10.8 Å². The lowest BCUT2D eigenvalue weighted by molar-refractivity contribution is -0.778. The van der Waals surface area contributed by atoms with Crippen LogP contribution in [0.4, 0.5) is 0 Å². The van der Waals surface area contributed by atoms with Gasteiger partial charge in [0.1, 0.15) is 5.97 Å². The first-order chi connectivity index (χ1) is 8.70. The minimum absolute atomic E-state index is 0.146. The lowest BCUT2D eigenvalue weighted by Crippen LogP contribution is -2.46. The van der Waals surface area contributed by atoms with Crippen molar-refractivity contribution in [3.63, 3.8) is 0 Å². The number of carboxylic acids is 1. The Hall–Kier alpha value is -2.21. The van der Waals surface area contributed by atoms with Crippen molar-refractivity contribution < 1.29 is 19.2 Å². The van der Waals surface area contributed by atoms with Crippen LogP contribution in [0.2, 0.25) is 0 Å². The van der Waals surface area contributed by atoms with Crippen LogP contribution >= 0.6 is 0 Å². The van der Waals surface area contributed by atoms with Gasteiger partial charge in [-0.1, -0.05) is 30.3 Å². The third-order valence-corrected chi connectivity index (χ3v) is 2.14. The van der Waals surface area contributed by atoms with Crippen LogP contribution in [0.15, 0.2) is 35.3 Å². The highest BCUT2D eigenvalue weighted by molar-refractivity contribution is 6.38. The number of carbonyl (C=O) groups excluding carboxylic acids is 2. The van der Waals surface area contributed by atoms with Gasteiger partial charge < -0.3 is 15.6 Å². The van der Waals surface area contributed by atoms with Gasteiger partial charge in [0.15, 0.2) is 0 Å². The standard InChI is InChI=1S/C8H6O3.C5H14N3/c9-7(8(10)11)6-4-2-1-3-5-6;1-7-5(6)8(2,3)4/h1-5H,(H,10,11);1-4H3,(H2,6,7)/q;+1/p-1. The number of aliphatic imine (C=N–C) groups is 1. The van der Waals surface area contributed by atoms with E-state index in [0.717, 1.165) is 0 Å². The first-order valence-corrected chi connectivity index (χ1v) is 5.55. The van der Waals surface area contributed by atoms with E-state index in [1.54, 1.807) is 25.2 Å². The molecule has 0 aliphatic rings. The van der Waals surface area contributed by atoms with Gasteiger partial charge >= 0.3 is 0 Å². The molecule has 0 heterocycles. The van der Waals surface area contributed by atoms with E-state index in [1.807, 2.05) is 21.1 Å². The van der Waals surface area contributed by atoms with Gasteiger partial charge in [0.2, 0.25) is 5.78 Å². The largest absolute Gasteiger partial charge is 0.541 e. The number of benzene rings is 1. The maximum atomic E-state index is 10.7. The average molecular weight is 265 g/mol. The SMILES string of the molecule is C/N=C(\N)[N+](C)(C)C.O=C([O-])C(=O)c1ccccc1. The van der Waals surface area contributed by atoms with Crippen LogP contribution in [0.25, 0.3) is 0 Å². The summed E-state index contributed by atoms with van der Waals surface area (Å²) < 4.78 is 0.608. The van der Waals surface area contributed by atoms with E-state index in [9.17, 15) is 14.7 Å². The van der Waals surface area contributed by atoms with Crippen LogP contribution in [-0.2, 0) is 4.79 Å². The van der Waals surface area contributed by atoms with E-state index in [-0.39, 0.29) is 5.56 Å². The third kappa shape index (κ3) is 6.32. The third-order valence-electron chi connectivity index (χ3n) is 2.14. The number of Topliss-reactive ketones (excluding diaryl/α,β-unsaturated/α-hetero) is 1. The number of hydrogen-bond acceptors (Lipinski definition) is 4. The molecule has 1 aromatic carbocycles. The number of hydrogen-bond donors (Lipinski definition) is 1. The Morgan fingerprint density at radius 1 is 1.16 bits per heavy atom. The molecule has 0 radical (unpaired) electrons. The van der Waals surface area contributed by atoms with Crippen LogP contribution in [0.5, 0.6) is 0 Å². The zero-order valence-corrected chi connectivity index (χ0v) is 11.6. The number of guanidine groups is 1. The summed E-state index contributed by atoms with van der Waals surface area (Å²) in [6, 6.07) is 7.74. The smallest absolute Gasteiger partial charge is 0.294 e. The van der Waals surface area contributed by atoms with Gasteiger partial charge in [0.25, 0.3) is 5.96 Å². The van der Waals surface area contributed by atoms with E-state index in [0.29, 0.717) is 10.4 Å². The first-order valence-electron chi connectivity index (χ1n) is 5.55. The van der Waals surface area contributed by atoms with Crippen molar-refractivity contribution >= 4 is 17.7 Å². The molecular weight excluding hydrogens is 246 g/mol. The maximum absolute atomic E-state index is 10.7. The van der Waals surface area contributed by atoms with Crippen molar-refractivity contribution in [1.29, 1.82) is 0 Å². The second-order valence-electron chi connectivity index (χ2n) is 4.58. The molecule has 6 nitrogen and oxygen atoms in total. The quantitative estimate of drug-likeness (QED) is 0.250. The lowest BCUT2D eigenvalue weighted by Gasteiger charge is -2.20. The van der Waals surface area contributed by atoms with E-state index in [1.165, 1.54) is 12.1 Å².